The van der Waals surface area contributed by atoms with Crippen molar-refractivity contribution in [3.8, 4) is 11.1 Å². The maximum Gasteiger partial charge on any atom is 2.00 e. The molecular weight excluding hydrogens is 787 g/mol. The molecule has 0 bridgehead atoms. The van der Waals surface area contributed by atoms with E-state index in [1.54, 1.807) is 11.3 Å². The second-order valence-electron chi connectivity index (χ2n) is 15.2. The van der Waals surface area contributed by atoms with Crippen molar-refractivity contribution < 1.29 is 50.5 Å². The Hall–Kier alpha value is 0.192. The molecule has 0 unspecified atom stereocenters. The van der Waals surface area contributed by atoms with Gasteiger partial charge in [0.25, 0.3) is 0 Å². The third kappa shape index (κ3) is 19.7. The minimum atomic E-state index is -3.92. The van der Waals surface area contributed by atoms with Gasteiger partial charge in [-0.2, -0.15) is 0 Å². The number of benzene rings is 2. The molecule has 9 heteroatoms. The zero-order valence-electron chi connectivity index (χ0n) is 31.0. The molecule has 270 valence electrons. The number of para-hydroxylation sites is 1. The van der Waals surface area contributed by atoms with Gasteiger partial charge in [-0.15, -0.1) is 35.9 Å². The molecule has 0 spiro atoms. The molecule has 0 aliphatic heterocycles. The van der Waals surface area contributed by atoms with E-state index in [0.29, 0.717) is 26.9 Å². The van der Waals surface area contributed by atoms with Crippen LogP contribution in [-0.4, -0.2) is 39.9 Å². The summed E-state index contributed by atoms with van der Waals surface area (Å²) in [6.45, 7) is 28.3. The molecule has 2 aliphatic rings. The van der Waals surface area contributed by atoms with Crippen molar-refractivity contribution in [1.29, 1.82) is 0 Å². The summed E-state index contributed by atoms with van der Waals surface area (Å²) in [6, 6.07) is 18.8. The smallest absolute Gasteiger partial charge is 0.748 e. The largest absolute Gasteiger partial charge is 2.00 e. The Kier molecular flexibility index (Phi) is 22.7. The molecule has 0 aromatic heterocycles. The van der Waals surface area contributed by atoms with Crippen LogP contribution < -0.4 is 5.73 Å². The van der Waals surface area contributed by atoms with Gasteiger partial charge in [0.1, 0.15) is 0 Å². The molecule has 2 N–H and O–H groups in total. The molecular formula is C39H57FeNO3P2PdS. The SMILES string of the molecule is CC(C)(C)P([C]1[CH][CH][CH][CH]1)C(C)(C)C.CC(C)(C)P([C]1[CH][CH][CH][CH]1)C(C)(C)C.CS(=O)(=O)[O-].Nc1ccccc1-c1[c-]cccc1.[Fe].[Pd+2]. The summed E-state index contributed by atoms with van der Waals surface area (Å²) in [7, 11) is -4.12. The maximum absolute atomic E-state index is 9.08. The summed E-state index contributed by atoms with van der Waals surface area (Å²) in [4.78, 5) is 0. The van der Waals surface area contributed by atoms with Crippen LogP contribution in [0.1, 0.15) is 83.1 Å². The number of anilines is 1. The van der Waals surface area contributed by atoms with Gasteiger partial charge in [-0.05, 0) is 83.7 Å². The van der Waals surface area contributed by atoms with Crippen LogP contribution in [0.15, 0.2) is 48.5 Å². The topological polar surface area (TPSA) is 83.2 Å². The van der Waals surface area contributed by atoms with Crippen LogP contribution in [0.25, 0.3) is 11.1 Å². The fourth-order valence-corrected chi connectivity index (χ4v) is 14.0. The molecule has 0 saturated heterocycles. The molecule has 48 heavy (non-hydrogen) atoms. The Bertz CT molecular complexity index is 1180. The first kappa shape index (κ1) is 50.3. The number of nitrogen functional groups attached to an aromatic ring is 1. The van der Waals surface area contributed by atoms with E-state index in [2.05, 4.69) is 141 Å². The monoisotopic (exact) mass is 843 g/mol. The number of hydrogen-bond donors (Lipinski definition) is 1. The summed E-state index contributed by atoms with van der Waals surface area (Å²) in [6.07, 6.45) is 18.3. The predicted molar refractivity (Wildman–Crippen MR) is 204 cm³/mol. The van der Waals surface area contributed by atoms with Gasteiger partial charge in [0.05, 0.1) is 10.1 Å². The van der Waals surface area contributed by atoms with E-state index in [0.717, 1.165) is 16.8 Å². The Labute approximate surface area is 324 Å². The van der Waals surface area contributed by atoms with E-state index in [4.69, 9.17) is 18.7 Å². The summed E-state index contributed by atoms with van der Waals surface area (Å²) in [5.74, 6) is 0. The molecule has 2 fully saturated rings. The van der Waals surface area contributed by atoms with Gasteiger partial charge in [0.2, 0.25) is 0 Å². The van der Waals surface area contributed by atoms with Crippen molar-refractivity contribution in [3.63, 3.8) is 0 Å². The van der Waals surface area contributed by atoms with E-state index in [1.165, 1.54) is 0 Å². The minimum Gasteiger partial charge on any atom is -0.748 e. The Morgan fingerprint density at radius 3 is 1.21 bits per heavy atom. The number of hydrogen-bond acceptors (Lipinski definition) is 4. The van der Waals surface area contributed by atoms with Crippen LogP contribution in [0, 0.1) is 68.8 Å². The number of rotatable bonds is 3. The van der Waals surface area contributed by atoms with Crippen molar-refractivity contribution >= 4 is 31.6 Å². The quantitative estimate of drug-likeness (QED) is 0.110. The first-order valence-electron chi connectivity index (χ1n) is 15.6. The van der Waals surface area contributed by atoms with Gasteiger partial charge in [-0.1, -0.05) is 123 Å². The van der Waals surface area contributed by atoms with Crippen LogP contribution in [0.4, 0.5) is 5.69 Å². The van der Waals surface area contributed by atoms with E-state index in [1.807, 2.05) is 48.5 Å². The predicted octanol–water partition coefficient (Wildman–Crippen LogP) is 10.7. The molecule has 0 heterocycles. The van der Waals surface area contributed by atoms with E-state index >= 15 is 0 Å². The normalized spacial score (nSPS) is 16.0. The standard InChI is InChI=1S/2C13H22P.C12H10N.CH4O3S.Fe.Pd/c2*1-12(2,3)14(13(4,5)6)11-9-7-8-10-11;13-12-9-5-4-8-11(12)10-6-2-1-3-7-10;1-5(2,3)4;;/h2*7-10H,1-6H3;1-6,8-9H,13H2;1H3,(H,2,3,4);;/q;;-1;;;+2/p-1. The molecule has 2 aromatic carbocycles. The third-order valence-corrected chi connectivity index (χ3v) is 13.4. The van der Waals surface area contributed by atoms with Crippen LogP contribution in [0.2, 0.25) is 0 Å². The van der Waals surface area contributed by atoms with Crippen molar-refractivity contribution in [3.05, 3.63) is 117 Å². The van der Waals surface area contributed by atoms with Gasteiger partial charge in [-0.25, -0.2) is 8.42 Å². The van der Waals surface area contributed by atoms with Crippen molar-refractivity contribution in [2.75, 3.05) is 12.0 Å². The van der Waals surface area contributed by atoms with Crippen molar-refractivity contribution in [2.45, 2.75) is 104 Å². The molecule has 2 aliphatic carbocycles. The first-order chi connectivity index (χ1) is 20.8. The van der Waals surface area contributed by atoms with Crippen LogP contribution in [-0.2, 0) is 47.6 Å². The average Bonchev–Trinajstić information content (AvgIpc) is 3.56. The molecule has 2 aromatic rings. The maximum atomic E-state index is 9.08. The molecule has 4 rings (SSSR count). The van der Waals surface area contributed by atoms with Crippen molar-refractivity contribution in [2.24, 2.45) is 0 Å². The van der Waals surface area contributed by atoms with Crippen LogP contribution in [0.3, 0.4) is 0 Å². The number of nitrogens with two attached hydrogens (primary N) is 1. The summed E-state index contributed by atoms with van der Waals surface area (Å²) in [5.41, 5.74) is 11.8. The van der Waals surface area contributed by atoms with Crippen LogP contribution in [0.5, 0.6) is 0 Å². The molecule has 10 radical (unpaired) electrons. The fourth-order valence-electron chi connectivity index (χ4n) is 5.89. The van der Waals surface area contributed by atoms with Gasteiger partial charge in [-0.3, -0.25) is 0 Å². The van der Waals surface area contributed by atoms with Gasteiger partial charge in [0, 0.05) is 34.6 Å². The van der Waals surface area contributed by atoms with E-state index in [9.17, 15) is 0 Å². The van der Waals surface area contributed by atoms with Gasteiger partial charge in [0.15, 0.2) is 0 Å². The minimum absolute atomic E-state index is 0. The van der Waals surface area contributed by atoms with E-state index < -0.39 is 10.1 Å². The Morgan fingerprint density at radius 1 is 0.625 bits per heavy atom. The summed E-state index contributed by atoms with van der Waals surface area (Å²) < 4.78 is 27.2. The molecule has 2 saturated carbocycles. The zero-order chi connectivity index (χ0) is 35.6. The zero-order valence-corrected chi connectivity index (χ0v) is 36.3. The fraction of sp³-hybridized carbons (Fsp3) is 0.436. The van der Waals surface area contributed by atoms with Crippen molar-refractivity contribution in [1.82, 2.24) is 0 Å². The molecule has 0 amide bonds. The first-order valence-corrected chi connectivity index (χ1v) is 20.1. The summed E-state index contributed by atoms with van der Waals surface area (Å²) >= 11 is 0. The van der Waals surface area contributed by atoms with Gasteiger partial charge >= 0.3 is 20.4 Å². The van der Waals surface area contributed by atoms with E-state index in [-0.39, 0.29) is 53.3 Å². The molecule has 0 atom stereocenters. The Morgan fingerprint density at radius 2 is 0.938 bits per heavy atom. The third-order valence-electron chi connectivity index (χ3n) is 6.45. The van der Waals surface area contributed by atoms with Gasteiger partial charge < -0.3 is 10.3 Å². The average molecular weight is 844 g/mol. The second-order valence-corrected chi connectivity index (χ2v) is 24.4. The summed E-state index contributed by atoms with van der Waals surface area (Å²) in [5, 5.41) is 1.56. The Balaban J connectivity index is 0. The molecule has 4 nitrogen and oxygen atoms in total. The second kappa shape index (κ2) is 21.7. The van der Waals surface area contributed by atoms with Crippen LogP contribution >= 0.6 is 15.8 Å².